The smallest absolute Gasteiger partial charge is 0.397 e. The number of carboxylic acid groups (broad SMARTS) is 1. The maximum atomic E-state index is 12.0. The zero-order chi connectivity index (χ0) is 31.2. The molecule has 0 saturated carbocycles. The van der Waals surface area contributed by atoms with Crippen molar-refractivity contribution >= 4 is 26.8 Å². The van der Waals surface area contributed by atoms with Crippen molar-refractivity contribution in [1.82, 2.24) is 0 Å². The van der Waals surface area contributed by atoms with Gasteiger partial charge in [0.2, 0.25) is 0 Å². The van der Waals surface area contributed by atoms with Crippen molar-refractivity contribution in [3.05, 3.63) is 0 Å². The van der Waals surface area contributed by atoms with E-state index in [1.165, 1.54) is 6.92 Å². The lowest BCUT2D eigenvalue weighted by Crippen LogP contribution is -2.66. The molecule has 3 aliphatic heterocycles. The molecule has 0 aromatic rings. The van der Waals surface area contributed by atoms with Crippen LogP contribution in [-0.2, 0) is 57.6 Å². The van der Waals surface area contributed by atoms with Crippen LogP contribution in [0.1, 0.15) is 13.8 Å². The standard InChI is InChI=1S/C18H30O21S2/c1-3-5(19)11(38-40(27,28)29)9(23)18(34-3)36-12-6(20)7(21)17(37-14(12)15(24)25)35-10-4(2)33-16(26)8(22)13(10)39-41(30,31)32/h3-14,16-23,26H,1-2H3,(H,24,25)(H,27,28,29)(H,30,31,32)/t3-,4-,5-,6+,7+,8+,9+,10-,11+,12-,13-,14+,16?,17+,18-/m0/s1. The molecule has 3 fully saturated rings. The molecular weight excluding hydrogens is 616 g/mol. The van der Waals surface area contributed by atoms with E-state index in [0.29, 0.717) is 0 Å². The highest BCUT2D eigenvalue weighted by Crippen LogP contribution is 2.33. The van der Waals surface area contributed by atoms with Crippen molar-refractivity contribution in [2.75, 3.05) is 0 Å². The second-order valence-corrected chi connectivity index (χ2v) is 11.4. The number of carboxylic acids is 1. The fourth-order valence-electron chi connectivity index (χ4n) is 4.41. The van der Waals surface area contributed by atoms with Gasteiger partial charge in [0, 0.05) is 0 Å². The fraction of sp³-hybridized carbons (Fsp3) is 0.944. The van der Waals surface area contributed by atoms with E-state index in [9.17, 15) is 57.4 Å². The van der Waals surface area contributed by atoms with Crippen LogP contribution < -0.4 is 0 Å². The third kappa shape index (κ3) is 8.03. The Morgan fingerprint density at radius 2 is 1.12 bits per heavy atom. The zero-order valence-electron chi connectivity index (χ0n) is 20.9. The van der Waals surface area contributed by atoms with Gasteiger partial charge in [-0.2, -0.15) is 16.8 Å². The molecule has 9 N–H and O–H groups in total. The maximum absolute atomic E-state index is 12.0. The third-order valence-electron chi connectivity index (χ3n) is 6.39. The Morgan fingerprint density at radius 1 is 0.610 bits per heavy atom. The van der Waals surface area contributed by atoms with E-state index in [4.69, 9.17) is 32.8 Å². The summed E-state index contributed by atoms with van der Waals surface area (Å²) in [5.74, 6) is -1.85. The first-order valence-corrected chi connectivity index (χ1v) is 14.3. The summed E-state index contributed by atoms with van der Waals surface area (Å²) in [7, 11) is -10.5. The van der Waals surface area contributed by atoms with Gasteiger partial charge in [0.25, 0.3) is 0 Å². The lowest BCUT2D eigenvalue weighted by atomic mass is 9.96. The molecule has 0 radical (unpaired) electrons. The molecule has 1 unspecified atom stereocenters. The van der Waals surface area contributed by atoms with Crippen LogP contribution in [0.15, 0.2) is 0 Å². The average Bonchev–Trinajstić information content (AvgIpc) is 2.83. The van der Waals surface area contributed by atoms with Crippen LogP contribution in [0, 0.1) is 0 Å². The number of aliphatic hydroxyl groups is 6. The quantitative estimate of drug-likeness (QED) is 0.105. The van der Waals surface area contributed by atoms with Crippen LogP contribution in [-0.4, -0.2) is 160 Å². The molecule has 21 nitrogen and oxygen atoms in total. The first-order chi connectivity index (χ1) is 18.7. The van der Waals surface area contributed by atoms with E-state index in [2.05, 4.69) is 8.37 Å². The van der Waals surface area contributed by atoms with Crippen LogP contribution in [0.25, 0.3) is 0 Å². The molecule has 0 aromatic heterocycles. The minimum atomic E-state index is -5.27. The lowest BCUT2D eigenvalue weighted by molar-refractivity contribution is -0.367. The Bertz CT molecular complexity index is 1130. The molecule has 3 heterocycles. The molecule has 23 heteroatoms. The molecule has 3 aliphatic rings. The van der Waals surface area contributed by atoms with Gasteiger partial charge in [-0.25, -0.2) is 13.2 Å². The molecule has 3 rings (SSSR count). The summed E-state index contributed by atoms with van der Waals surface area (Å²) in [6.07, 6.45) is -30.0. The van der Waals surface area contributed by atoms with Crippen LogP contribution >= 0.6 is 0 Å². The minimum absolute atomic E-state index is 1.16. The van der Waals surface area contributed by atoms with E-state index in [1.54, 1.807) is 0 Å². The zero-order valence-corrected chi connectivity index (χ0v) is 22.5. The molecule has 0 aliphatic carbocycles. The van der Waals surface area contributed by atoms with E-state index in [-0.39, 0.29) is 0 Å². The predicted molar refractivity (Wildman–Crippen MR) is 120 cm³/mol. The van der Waals surface area contributed by atoms with Gasteiger partial charge in [-0.05, 0) is 13.8 Å². The number of rotatable bonds is 9. The van der Waals surface area contributed by atoms with Gasteiger partial charge < -0.3 is 59.4 Å². The van der Waals surface area contributed by atoms with Crippen LogP contribution in [0.4, 0.5) is 0 Å². The SMILES string of the molecule is C[C@@H]1O[C@@H](O[C@H]2[C@H](O)[C@@H](O)[C@H](O[C@@H]3[C@@H](OS(=O)(=O)O)[C@@H](O)C(O)O[C@H]3C)O[C@H]2C(=O)O)[C@H](O)[C@H](OS(=O)(=O)O)[C@H]1O. The summed E-state index contributed by atoms with van der Waals surface area (Å²) in [5, 5.41) is 71.5. The molecule has 240 valence electrons. The summed E-state index contributed by atoms with van der Waals surface area (Å²) < 4.78 is 97.5. The van der Waals surface area contributed by atoms with Gasteiger partial charge in [-0.1, -0.05) is 0 Å². The topological polar surface area (TPSA) is 332 Å². The molecule has 15 atom stereocenters. The Balaban J connectivity index is 1.83. The Hall–Kier alpha value is -1.23. The highest BCUT2D eigenvalue weighted by molar-refractivity contribution is 7.81. The maximum Gasteiger partial charge on any atom is 0.397 e. The summed E-state index contributed by atoms with van der Waals surface area (Å²) >= 11 is 0. The predicted octanol–water partition coefficient (Wildman–Crippen LogP) is -5.77. The Morgan fingerprint density at radius 3 is 1.66 bits per heavy atom. The van der Waals surface area contributed by atoms with Gasteiger partial charge in [0.1, 0.15) is 54.9 Å². The van der Waals surface area contributed by atoms with Gasteiger partial charge in [0.05, 0.1) is 12.2 Å². The van der Waals surface area contributed by atoms with E-state index >= 15 is 0 Å². The molecular formula is C18H30O21S2. The van der Waals surface area contributed by atoms with Crippen molar-refractivity contribution in [1.29, 1.82) is 0 Å². The molecule has 41 heavy (non-hydrogen) atoms. The summed E-state index contributed by atoms with van der Waals surface area (Å²) in [6.45, 7) is 2.34. The van der Waals surface area contributed by atoms with Gasteiger partial charge in [-0.3, -0.25) is 9.11 Å². The second-order valence-electron chi connectivity index (χ2n) is 9.34. The number of ether oxygens (including phenoxy) is 5. The highest BCUT2D eigenvalue weighted by Gasteiger charge is 2.55. The molecule has 0 bridgehead atoms. The lowest BCUT2D eigenvalue weighted by Gasteiger charge is -2.47. The molecule has 0 aromatic carbocycles. The van der Waals surface area contributed by atoms with Crippen molar-refractivity contribution in [3.63, 3.8) is 0 Å². The van der Waals surface area contributed by atoms with Crippen LogP contribution in [0.3, 0.4) is 0 Å². The third-order valence-corrected chi connectivity index (χ3v) is 7.32. The number of hydrogen-bond acceptors (Lipinski definition) is 18. The van der Waals surface area contributed by atoms with Gasteiger partial charge in [-0.15, -0.1) is 0 Å². The first-order valence-electron chi connectivity index (χ1n) is 11.6. The minimum Gasteiger partial charge on any atom is -0.479 e. The molecule has 0 spiro atoms. The summed E-state index contributed by atoms with van der Waals surface area (Å²) in [4.78, 5) is 12.0. The van der Waals surface area contributed by atoms with E-state index in [0.717, 1.165) is 6.92 Å². The second kappa shape index (κ2) is 12.8. The van der Waals surface area contributed by atoms with Crippen molar-refractivity contribution in [2.45, 2.75) is 106 Å². The highest BCUT2D eigenvalue weighted by atomic mass is 32.3. The van der Waals surface area contributed by atoms with E-state index < -0.39 is 119 Å². The number of aliphatic hydroxyl groups excluding tert-OH is 6. The molecule has 3 saturated heterocycles. The Kier molecular flexibility index (Phi) is 10.7. The normalized spacial score (nSPS) is 46.2. The van der Waals surface area contributed by atoms with Crippen molar-refractivity contribution < 1.29 is 98.5 Å². The largest absolute Gasteiger partial charge is 0.479 e. The first kappa shape index (κ1) is 34.3. The summed E-state index contributed by atoms with van der Waals surface area (Å²) in [5.41, 5.74) is 0. The average molecular weight is 647 g/mol. The number of hydrogen-bond donors (Lipinski definition) is 9. The van der Waals surface area contributed by atoms with E-state index in [1.807, 2.05) is 0 Å². The number of aliphatic carboxylic acids is 1. The summed E-state index contributed by atoms with van der Waals surface area (Å²) in [6, 6.07) is 0. The Labute approximate surface area is 231 Å². The van der Waals surface area contributed by atoms with Gasteiger partial charge >= 0.3 is 26.8 Å². The van der Waals surface area contributed by atoms with Crippen LogP contribution in [0.5, 0.6) is 0 Å². The van der Waals surface area contributed by atoms with Crippen LogP contribution in [0.2, 0.25) is 0 Å². The molecule has 0 amide bonds. The number of carbonyl (C=O) groups is 1. The monoisotopic (exact) mass is 646 g/mol. The van der Waals surface area contributed by atoms with Crippen molar-refractivity contribution in [3.8, 4) is 0 Å². The van der Waals surface area contributed by atoms with Gasteiger partial charge in [0.15, 0.2) is 25.0 Å². The van der Waals surface area contributed by atoms with Crippen molar-refractivity contribution in [2.24, 2.45) is 0 Å². The fourth-order valence-corrected chi connectivity index (χ4v) is 5.43.